The Hall–Kier alpha value is -1.54. The highest BCUT2D eigenvalue weighted by Gasteiger charge is 2.52. The monoisotopic (exact) mass is 497 g/mol. The third kappa shape index (κ3) is 9.45. The van der Waals surface area contributed by atoms with E-state index in [9.17, 15) is 9.59 Å². The van der Waals surface area contributed by atoms with Crippen LogP contribution in [-0.2, 0) is 14.2 Å². The van der Waals surface area contributed by atoms with Gasteiger partial charge in [-0.05, 0) is 73.4 Å². The zero-order valence-electron chi connectivity index (χ0n) is 23.7. The quantitative estimate of drug-likeness (QED) is 0.459. The van der Waals surface area contributed by atoms with Crippen molar-refractivity contribution in [2.24, 2.45) is 11.8 Å². The van der Waals surface area contributed by atoms with E-state index in [0.29, 0.717) is 25.5 Å². The zero-order chi connectivity index (χ0) is 26.4. The summed E-state index contributed by atoms with van der Waals surface area (Å²) in [4.78, 5) is 29.7. The van der Waals surface area contributed by atoms with E-state index in [0.717, 1.165) is 6.42 Å². The Morgan fingerprint density at radius 1 is 1.14 bits per heavy atom. The minimum Gasteiger partial charge on any atom is -0.448 e. The van der Waals surface area contributed by atoms with Crippen LogP contribution in [0.1, 0.15) is 93.4 Å². The normalized spacial score (nSPS) is 24.0. The molecule has 0 bridgehead atoms. The molecule has 0 aromatic carbocycles. The second kappa shape index (κ2) is 12.6. The van der Waals surface area contributed by atoms with Crippen molar-refractivity contribution in [1.29, 1.82) is 0 Å². The molecule has 0 radical (unpaired) electrons. The lowest BCUT2D eigenvalue weighted by atomic mass is 9.82. The molecule has 8 nitrogen and oxygen atoms in total. The van der Waals surface area contributed by atoms with Crippen molar-refractivity contribution in [3.8, 4) is 0 Å². The molecular weight excluding hydrogens is 446 g/mol. The molecule has 1 saturated heterocycles. The van der Waals surface area contributed by atoms with Gasteiger partial charge in [0.1, 0.15) is 17.9 Å². The first kappa shape index (κ1) is 29.7. The van der Waals surface area contributed by atoms with Gasteiger partial charge in [-0.1, -0.05) is 46.0 Å². The van der Waals surface area contributed by atoms with Gasteiger partial charge in [0, 0.05) is 12.6 Å². The first-order valence-electron chi connectivity index (χ1n) is 13.5. The Bertz CT molecular complexity index is 683. The summed E-state index contributed by atoms with van der Waals surface area (Å²) in [6.45, 7) is 14.8. The number of carbonyl (C=O) groups is 2. The topological polar surface area (TPSA) is 80.3 Å². The van der Waals surface area contributed by atoms with Crippen molar-refractivity contribution in [3.63, 3.8) is 0 Å². The molecule has 2 rings (SSSR count). The molecule has 1 heterocycles. The van der Waals surface area contributed by atoms with E-state index >= 15 is 0 Å². The first-order valence-corrected chi connectivity index (χ1v) is 13.5. The van der Waals surface area contributed by atoms with Gasteiger partial charge in [-0.15, -0.1) is 0 Å². The van der Waals surface area contributed by atoms with Crippen LogP contribution in [-0.4, -0.2) is 78.7 Å². The molecule has 0 unspecified atom stereocenters. The summed E-state index contributed by atoms with van der Waals surface area (Å²) in [6.07, 6.45) is 6.73. The fourth-order valence-corrected chi connectivity index (χ4v) is 5.23. The predicted molar refractivity (Wildman–Crippen MR) is 138 cm³/mol. The molecule has 8 heteroatoms. The molecule has 1 saturated carbocycles. The van der Waals surface area contributed by atoms with Crippen LogP contribution < -0.4 is 5.32 Å². The molecule has 1 aliphatic carbocycles. The fraction of sp³-hybridized carbons (Fsp3) is 0.926. The predicted octanol–water partition coefficient (Wildman–Crippen LogP) is 5.40. The molecule has 1 aliphatic heterocycles. The Kier molecular flexibility index (Phi) is 10.7. The zero-order valence-corrected chi connectivity index (χ0v) is 23.7. The summed E-state index contributed by atoms with van der Waals surface area (Å²) < 4.78 is 17.8. The average molecular weight is 498 g/mol. The minimum absolute atomic E-state index is 0.101. The number of nitrogens with zero attached hydrogens (tertiary/aromatic N) is 2. The highest BCUT2D eigenvalue weighted by molar-refractivity contribution is 5.70. The second-order valence-electron chi connectivity index (χ2n) is 12.4. The maximum absolute atomic E-state index is 13.4. The number of hydrogen-bond donors (Lipinski definition) is 1. The lowest BCUT2D eigenvalue weighted by Gasteiger charge is -2.37. The number of nitrogens with one attached hydrogen (secondary N) is 1. The number of alkyl carbamates (subject to hydrolysis) is 1. The Balaban J connectivity index is 2.20. The Morgan fingerprint density at radius 3 is 2.31 bits per heavy atom. The van der Waals surface area contributed by atoms with Gasteiger partial charge in [-0.2, -0.15) is 0 Å². The maximum atomic E-state index is 13.4. The van der Waals surface area contributed by atoms with E-state index in [2.05, 4.69) is 19.2 Å². The van der Waals surface area contributed by atoms with E-state index < -0.39 is 17.4 Å². The van der Waals surface area contributed by atoms with E-state index in [1.165, 1.54) is 32.1 Å². The molecule has 35 heavy (non-hydrogen) atoms. The molecule has 0 aromatic rings. The van der Waals surface area contributed by atoms with E-state index in [-0.39, 0.29) is 30.2 Å². The number of amides is 2. The largest absolute Gasteiger partial charge is 0.448 e. The Morgan fingerprint density at radius 2 is 1.77 bits per heavy atom. The van der Waals surface area contributed by atoms with Crippen molar-refractivity contribution in [2.45, 2.75) is 123 Å². The van der Waals surface area contributed by atoms with Gasteiger partial charge in [0.05, 0.1) is 12.1 Å². The van der Waals surface area contributed by atoms with Gasteiger partial charge in [-0.25, -0.2) is 9.59 Å². The van der Waals surface area contributed by atoms with Gasteiger partial charge in [0.2, 0.25) is 0 Å². The van der Waals surface area contributed by atoms with Crippen LogP contribution >= 0.6 is 0 Å². The van der Waals surface area contributed by atoms with Crippen molar-refractivity contribution in [3.05, 3.63) is 0 Å². The van der Waals surface area contributed by atoms with E-state index in [1.807, 2.05) is 58.5 Å². The van der Waals surface area contributed by atoms with Crippen LogP contribution in [0.2, 0.25) is 0 Å². The molecule has 204 valence electrons. The van der Waals surface area contributed by atoms with Gasteiger partial charge in [0.25, 0.3) is 0 Å². The average Bonchev–Trinajstić information content (AvgIpc) is 2.95. The molecule has 2 amide bonds. The van der Waals surface area contributed by atoms with Gasteiger partial charge >= 0.3 is 12.2 Å². The first-order chi connectivity index (χ1) is 16.2. The lowest BCUT2D eigenvalue weighted by molar-refractivity contribution is -0.0816. The Labute approximate surface area is 213 Å². The minimum atomic E-state index is -0.792. The number of hydrogen-bond acceptors (Lipinski definition) is 6. The fourth-order valence-electron chi connectivity index (χ4n) is 5.23. The SMILES string of the molecule is CC(C)[C@H](C[C@@H]1OC(C)(C)N(C(=O)OC(C)(C)C)[C@H]1CC1CCCCC1)NC(=O)OCCN(C)C. The molecule has 1 N–H and O–H groups in total. The number of carbonyl (C=O) groups excluding carboxylic acids is 2. The van der Waals surface area contributed by atoms with E-state index in [4.69, 9.17) is 14.2 Å². The molecule has 0 aromatic heterocycles. The summed E-state index contributed by atoms with van der Waals surface area (Å²) in [5.74, 6) is 0.758. The van der Waals surface area contributed by atoms with Crippen LogP contribution in [0, 0.1) is 11.8 Å². The number of likely N-dealkylation sites (N-methyl/N-ethyl adjacent to an activating group) is 1. The smallest absolute Gasteiger partial charge is 0.412 e. The van der Waals surface area contributed by atoms with Crippen molar-refractivity contribution in [1.82, 2.24) is 15.1 Å². The summed E-state index contributed by atoms with van der Waals surface area (Å²) >= 11 is 0. The standard InChI is InChI=1S/C27H51N3O5/c1-19(2)21(28-24(31)33-16-15-29(8)9)18-23-22(17-20-13-11-10-12-14-20)30(27(6,7)34-23)25(32)35-26(3,4)5/h19-23H,10-18H2,1-9H3,(H,28,31)/t21-,22-,23-/m0/s1. The van der Waals surface area contributed by atoms with Crippen molar-refractivity contribution < 1.29 is 23.8 Å². The second-order valence-corrected chi connectivity index (χ2v) is 12.4. The van der Waals surface area contributed by atoms with Crippen LogP contribution in [0.25, 0.3) is 0 Å². The van der Waals surface area contributed by atoms with E-state index in [1.54, 1.807) is 0 Å². The van der Waals surface area contributed by atoms with Gasteiger partial charge < -0.3 is 24.4 Å². The molecule has 2 aliphatic rings. The summed E-state index contributed by atoms with van der Waals surface area (Å²) in [5.41, 5.74) is -1.38. The highest BCUT2D eigenvalue weighted by atomic mass is 16.6. The maximum Gasteiger partial charge on any atom is 0.412 e. The molecule has 3 atom stereocenters. The van der Waals surface area contributed by atoms with Crippen LogP contribution in [0.15, 0.2) is 0 Å². The highest BCUT2D eigenvalue weighted by Crippen LogP contribution is 2.41. The van der Waals surface area contributed by atoms with Crippen LogP contribution in [0.4, 0.5) is 9.59 Å². The third-order valence-corrected chi connectivity index (χ3v) is 7.04. The number of ether oxygens (including phenoxy) is 3. The van der Waals surface area contributed by atoms with Crippen molar-refractivity contribution >= 4 is 12.2 Å². The third-order valence-electron chi connectivity index (χ3n) is 7.04. The summed E-state index contributed by atoms with van der Waals surface area (Å²) in [7, 11) is 3.89. The molecular formula is C27H51N3O5. The van der Waals surface area contributed by atoms with Crippen LogP contribution in [0.5, 0.6) is 0 Å². The van der Waals surface area contributed by atoms with Gasteiger partial charge in [-0.3, -0.25) is 4.90 Å². The van der Waals surface area contributed by atoms with Gasteiger partial charge in [0.15, 0.2) is 0 Å². The number of rotatable bonds is 9. The summed E-state index contributed by atoms with van der Waals surface area (Å²) in [5, 5.41) is 3.06. The molecule has 0 spiro atoms. The molecule has 2 fully saturated rings. The van der Waals surface area contributed by atoms with Crippen LogP contribution in [0.3, 0.4) is 0 Å². The lowest BCUT2D eigenvalue weighted by Crippen LogP contribution is -2.51. The summed E-state index contributed by atoms with van der Waals surface area (Å²) in [6, 6.07) is -0.231. The van der Waals surface area contributed by atoms with Crippen molar-refractivity contribution in [2.75, 3.05) is 27.2 Å².